The van der Waals surface area contributed by atoms with Gasteiger partial charge in [-0.3, -0.25) is 14.7 Å². The smallest absolute Gasteiger partial charge is 0.281 e. The van der Waals surface area contributed by atoms with Gasteiger partial charge in [-0.15, -0.1) is 0 Å². The molecule has 0 fully saturated rings. The van der Waals surface area contributed by atoms with E-state index in [0.29, 0.717) is 22.6 Å². The van der Waals surface area contributed by atoms with Crippen molar-refractivity contribution in [3.63, 3.8) is 0 Å². The highest BCUT2D eigenvalue weighted by atomic mass is 16.5. The lowest BCUT2D eigenvalue weighted by Gasteiger charge is -2.11. The van der Waals surface area contributed by atoms with Crippen molar-refractivity contribution in [3.8, 4) is 17.2 Å². The Morgan fingerprint density at radius 3 is 2.30 bits per heavy atom. The van der Waals surface area contributed by atoms with E-state index >= 15 is 0 Å². The van der Waals surface area contributed by atoms with Gasteiger partial charge in [0.2, 0.25) is 0 Å². The number of H-pyrrole nitrogens is 1. The van der Waals surface area contributed by atoms with E-state index in [-0.39, 0.29) is 16.5 Å². The molecule has 2 aromatic carbocycles. The van der Waals surface area contributed by atoms with Crippen molar-refractivity contribution in [2.24, 2.45) is 0 Å². The van der Waals surface area contributed by atoms with Gasteiger partial charge in [-0.25, -0.2) is 4.68 Å². The molecule has 0 spiro atoms. The minimum Gasteiger partial charge on any atom is -0.497 e. The van der Waals surface area contributed by atoms with Gasteiger partial charge in [-0.1, -0.05) is 0 Å². The summed E-state index contributed by atoms with van der Waals surface area (Å²) < 4.78 is 11.6. The topological polar surface area (TPSA) is 73.3 Å². The first-order valence-corrected chi connectivity index (χ1v) is 7.03. The van der Waals surface area contributed by atoms with Crippen LogP contribution in [0.2, 0.25) is 0 Å². The number of nitrogens with one attached hydrogen (secondary N) is 1. The van der Waals surface area contributed by atoms with E-state index in [1.807, 2.05) is 6.92 Å². The second-order valence-corrected chi connectivity index (χ2v) is 5.17. The molecule has 0 bridgehead atoms. The van der Waals surface area contributed by atoms with E-state index in [9.17, 15) is 9.59 Å². The Kier molecular flexibility index (Phi) is 3.65. The summed E-state index contributed by atoms with van der Waals surface area (Å²) in [6, 6.07) is 10.2. The molecular weight excluding hydrogens is 296 g/mol. The standard InChI is InChI=1S/C17H16N2O4/c1-10-8-13-15(14(9-10)23-3)17(21)19(18-16(13)20)11-4-6-12(22-2)7-5-11/h4-9H,1-3H3,(H,18,20). The summed E-state index contributed by atoms with van der Waals surface area (Å²) in [4.78, 5) is 25.2. The number of aryl methyl sites for hydroxylation is 1. The molecule has 1 aromatic heterocycles. The maximum Gasteiger partial charge on any atom is 0.281 e. The van der Waals surface area contributed by atoms with Gasteiger partial charge in [-0.05, 0) is 48.9 Å². The van der Waals surface area contributed by atoms with Crippen LogP contribution in [-0.4, -0.2) is 24.0 Å². The molecule has 0 radical (unpaired) electrons. The number of rotatable bonds is 3. The van der Waals surface area contributed by atoms with Crippen LogP contribution in [0.15, 0.2) is 46.0 Å². The quantitative estimate of drug-likeness (QED) is 0.803. The third-order valence-electron chi connectivity index (χ3n) is 3.67. The molecule has 0 aliphatic carbocycles. The van der Waals surface area contributed by atoms with Gasteiger partial charge < -0.3 is 9.47 Å². The molecule has 3 rings (SSSR count). The van der Waals surface area contributed by atoms with Crippen LogP contribution in [0.25, 0.3) is 16.5 Å². The summed E-state index contributed by atoms with van der Waals surface area (Å²) in [6.07, 6.45) is 0. The average Bonchev–Trinajstić information content (AvgIpc) is 2.57. The summed E-state index contributed by atoms with van der Waals surface area (Å²) in [5.41, 5.74) is 0.693. The molecule has 0 amide bonds. The number of methoxy groups -OCH3 is 2. The number of hydrogen-bond donors (Lipinski definition) is 1. The molecule has 0 aliphatic rings. The summed E-state index contributed by atoms with van der Waals surface area (Å²) in [5.74, 6) is 1.05. The minimum absolute atomic E-state index is 0.262. The Hall–Kier alpha value is -3.02. The highest BCUT2D eigenvalue weighted by Gasteiger charge is 2.14. The van der Waals surface area contributed by atoms with Crippen LogP contribution in [0, 0.1) is 6.92 Å². The van der Waals surface area contributed by atoms with E-state index in [2.05, 4.69) is 5.10 Å². The molecule has 3 aromatic rings. The number of aromatic nitrogens is 2. The molecule has 0 aliphatic heterocycles. The van der Waals surface area contributed by atoms with Crippen LogP contribution < -0.4 is 20.6 Å². The lowest BCUT2D eigenvalue weighted by molar-refractivity contribution is 0.414. The highest BCUT2D eigenvalue weighted by molar-refractivity contribution is 5.87. The van der Waals surface area contributed by atoms with Crippen LogP contribution >= 0.6 is 0 Å². The largest absolute Gasteiger partial charge is 0.497 e. The lowest BCUT2D eigenvalue weighted by atomic mass is 10.1. The minimum atomic E-state index is -0.350. The van der Waals surface area contributed by atoms with E-state index in [4.69, 9.17) is 9.47 Å². The van der Waals surface area contributed by atoms with Crippen LogP contribution in [0.4, 0.5) is 0 Å². The zero-order chi connectivity index (χ0) is 16.6. The second-order valence-electron chi connectivity index (χ2n) is 5.17. The van der Waals surface area contributed by atoms with Gasteiger partial charge in [0.05, 0.1) is 30.7 Å². The van der Waals surface area contributed by atoms with E-state index < -0.39 is 0 Å². The first-order valence-electron chi connectivity index (χ1n) is 7.03. The molecule has 0 saturated heterocycles. The average molecular weight is 312 g/mol. The van der Waals surface area contributed by atoms with Gasteiger partial charge >= 0.3 is 0 Å². The van der Waals surface area contributed by atoms with Crippen molar-refractivity contribution < 1.29 is 9.47 Å². The molecule has 0 atom stereocenters. The number of nitrogens with zero attached hydrogens (tertiary/aromatic N) is 1. The maximum atomic E-state index is 12.8. The van der Waals surface area contributed by atoms with Crippen molar-refractivity contribution in [2.75, 3.05) is 14.2 Å². The Morgan fingerprint density at radius 1 is 1.00 bits per heavy atom. The summed E-state index contributed by atoms with van der Waals surface area (Å²) >= 11 is 0. The molecule has 0 saturated carbocycles. The predicted molar refractivity (Wildman–Crippen MR) is 88.0 cm³/mol. The van der Waals surface area contributed by atoms with Crippen LogP contribution in [0.1, 0.15) is 5.56 Å². The molecule has 1 N–H and O–H groups in total. The van der Waals surface area contributed by atoms with Crippen molar-refractivity contribution in [1.29, 1.82) is 0 Å². The number of ether oxygens (including phenoxy) is 2. The number of benzene rings is 2. The van der Waals surface area contributed by atoms with Crippen molar-refractivity contribution >= 4 is 10.8 Å². The Morgan fingerprint density at radius 2 is 1.70 bits per heavy atom. The molecular formula is C17H16N2O4. The van der Waals surface area contributed by atoms with Crippen molar-refractivity contribution in [1.82, 2.24) is 9.78 Å². The maximum absolute atomic E-state index is 12.8. The SMILES string of the molecule is COc1ccc(-n2[nH]c(=O)c3cc(C)cc(OC)c3c2=O)cc1. The van der Waals surface area contributed by atoms with Gasteiger partial charge in [0, 0.05) is 0 Å². The fraction of sp³-hybridized carbons (Fsp3) is 0.176. The molecule has 1 heterocycles. The Bertz CT molecular complexity index is 984. The van der Waals surface area contributed by atoms with Gasteiger partial charge in [-0.2, -0.15) is 0 Å². The molecule has 6 nitrogen and oxygen atoms in total. The zero-order valence-corrected chi connectivity index (χ0v) is 13.0. The Balaban J connectivity index is 2.35. The van der Waals surface area contributed by atoms with E-state index in [0.717, 1.165) is 5.56 Å². The number of fused-ring (bicyclic) bond motifs is 1. The van der Waals surface area contributed by atoms with Crippen molar-refractivity contribution in [2.45, 2.75) is 6.92 Å². The molecule has 0 unspecified atom stereocenters. The molecule has 23 heavy (non-hydrogen) atoms. The van der Waals surface area contributed by atoms with Gasteiger partial charge in [0.1, 0.15) is 11.5 Å². The van der Waals surface area contributed by atoms with Gasteiger partial charge in [0.25, 0.3) is 11.1 Å². The predicted octanol–water partition coefficient (Wildman–Crippen LogP) is 2.00. The zero-order valence-electron chi connectivity index (χ0n) is 13.0. The van der Waals surface area contributed by atoms with Crippen LogP contribution in [0.5, 0.6) is 11.5 Å². The normalized spacial score (nSPS) is 10.7. The number of aromatic amines is 1. The third-order valence-corrected chi connectivity index (χ3v) is 3.67. The van der Waals surface area contributed by atoms with Crippen molar-refractivity contribution in [3.05, 3.63) is 62.7 Å². The van der Waals surface area contributed by atoms with Crippen LogP contribution in [0.3, 0.4) is 0 Å². The lowest BCUT2D eigenvalue weighted by Crippen LogP contribution is -2.29. The first kappa shape index (κ1) is 14.9. The fourth-order valence-electron chi connectivity index (χ4n) is 2.55. The number of hydrogen-bond acceptors (Lipinski definition) is 4. The highest BCUT2D eigenvalue weighted by Crippen LogP contribution is 2.22. The summed E-state index contributed by atoms with van der Waals surface area (Å²) in [5, 5.41) is 3.18. The first-order chi connectivity index (χ1) is 11.0. The third kappa shape index (κ3) is 2.48. The van der Waals surface area contributed by atoms with E-state index in [1.165, 1.54) is 11.8 Å². The monoisotopic (exact) mass is 312 g/mol. The van der Waals surface area contributed by atoms with Gasteiger partial charge in [0.15, 0.2) is 0 Å². The summed E-state index contributed by atoms with van der Waals surface area (Å²) in [6.45, 7) is 1.84. The van der Waals surface area contributed by atoms with Crippen LogP contribution in [-0.2, 0) is 0 Å². The fourth-order valence-corrected chi connectivity index (χ4v) is 2.55. The second kappa shape index (κ2) is 5.64. The Labute approximate surface area is 131 Å². The molecule has 6 heteroatoms. The summed E-state index contributed by atoms with van der Waals surface area (Å²) in [7, 11) is 3.04. The van der Waals surface area contributed by atoms with E-state index in [1.54, 1.807) is 43.5 Å². The molecule has 118 valence electrons.